The number of rotatable bonds is 5. The van der Waals surface area contributed by atoms with Crippen LogP contribution in [0.25, 0.3) is 5.82 Å². The van der Waals surface area contributed by atoms with Gasteiger partial charge in [0.2, 0.25) is 0 Å². The van der Waals surface area contributed by atoms with Gasteiger partial charge in [-0.3, -0.25) is 9.89 Å². The van der Waals surface area contributed by atoms with Gasteiger partial charge in [0.25, 0.3) is 5.56 Å². The molecule has 2 aromatic rings. The molecule has 2 N–H and O–H groups in total. The molecule has 1 atom stereocenters. The van der Waals surface area contributed by atoms with E-state index < -0.39 is 0 Å². The van der Waals surface area contributed by atoms with E-state index in [-0.39, 0.29) is 10.6 Å². The smallest absolute Gasteiger partial charge is 0.293 e. The van der Waals surface area contributed by atoms with Crippen molar-refractivity contribution >= 4 is 17.3 Å². The lowest BCUT2D eigenvalue weighted by molar-refractivity contribution is 0.0595. The molecular formula is C18H24ClN5O2. The van der Waals surface area contributed by atoms with E-state index >= 15 is 0 Å². The summed E-state index contributed by atoms with van der Waals surface area (Å²) in [5, 5.41) is 14.9. The van der Waals surface area contributed by atoms with Crippen molar-refractivity contribution in [2.75, 3.05) is 25.1 Å². The quantitative estimate of drug-likeness (QED) is 0.836. The van der Waals surface area contributed by atoms with Crippen LogP contribution in [0.2, 0.25) is 5.02 Å². The van der Waals surface area contributed by atoms with Crippen molar-refractivity contribution in [2.45, 2.75) is 44.4 Å². The Bertz CT molecular complexity index is 806. The molecule has 1 aliphatic heterocycles. The lowest BCUT2D eigenvalue weighted by Crippen LogP contribution is -2.27. The van der Waals surface area contributed by atoms with Crippen LogP contribution < -0.4 is 10.9 Å². The Hall–Kier alpha value is -1.86. The first-order valence-corrected chi connectivity index (χ1v) is 9.75. The van der Waals surface area contributed by atoms with Crippen LogP contribution >= 0.6 is 11.6 Å². The number of nitrogens with zero attached hydrogens (tertiary/aromatic N) is 3. The number of hydrogen-bond acceptors (Lipinski definition) is 5. The largest absolute Gasteiger partial charge is 0.382 e. The van der Waals surface area contributed by atoms with Crippen molar-refractivity contribution in [1.29, 1.82) is 0 Å². The fraction of sp³-hybridized carbons (Fsp3) is 0.611. The molecule has 0 spiro atoms. The Kier molecular flexibility index (Phi) is 5.26. The third-order valence-electron chi connectivity index (χ3n) is 5.35. The van der Waals surface area contributed by atoms with Crippen LogP contribution in [0.1, 0.15) is 50.1 Å². The molecule has 2 aliphatic rings. The molecule has 0 amide bonds. The van der Waals surface area contributed by atoms with Gasteiger partial charge < -0.3 is 10.1 Å². The van der Waals surface area contributed by atoms with Gasteiger partial charge in [-0.1, -0.05) is 24.4 Å². The van der Waals surface area contributed by atoms with Crippen LogP contribution in [0.4, 0.5) is 5.69 Å². The Morgan fingerprint density at radius 1 is 1.31 bits per heavy atom. The summed E-state index contributed by atoms with van der Waals surface area (Å²) in [5.74, 6) is 1.43. The lowest BCUT2D eigenvalue weighted by atomic mass is 10.0. The summed E-state index contributed by atoms with van der Waals surface area (Å²) in [5.41, 5.74) is 1.27. The minimum atomic E-state index is -0.360. The highest BCUT2D eigenvalue weighted by molar-refractivity contribution is 6.32. The maximum Gasteiger partial charge on any atom is 0.293 e. The molecule has 8 heteroatoms. The van der Waals surface area contributed by atoms with E-state index in [1.165, 1.54) is 30.4 Å². The molecule has 2 aromatic heterocycles. The molecule has 1 unspecified atom stereocenters. The Balaban J connectivity index is 1.49. The zero-order valence-corrected chi connectivity index (χ0v) is 15.5. The average Bonchev–Trinajstić information content (AvgIpc) is 3.35. The molecule has 1 saturated carbocycles. The zero-order valence-electron chi connectivity index (χ0n) is 14.7. The topological polar surface area (TPSA) is 84.8 Å². The summed E-state index contributed by atoms with van der Waals surface area (Å²) < 4.78 is 6.74. The summed E-state index contributed by atoms with van der Waals surface area (Å²) in [6.45, 7) is 2.30. The van der Waals surface area contributed by atoms with E-state index in [4.69, 9.17) is 16.3 Å². The Labute approximate surface area is 157 Å². The SMILES string of the molecule is O=c1c(Cl)c(NCC2CCCOC2)cnn1-c1cc(C2CCCC2)[nH]n1. The number of ether oxygens (including phenoxy) is 1. The van der Waals surface area contributed by atoms with E-state index in [2.05, 4.69) is 20.6 Å². The molecule has 0 bridgehead atoms. The number of hydrogen-bond donors (Lipinski definition) is 2. The van der Waals surface area contributed by atoms with Gasteiger partial charge in [0.1, 0.15) is 5.02 Å². The summed E-state index contributed by atoms with van der Waals surface area (Å²) >= 11 is 6.29. The van der Waals surface area contributed by atoms with Crippen LogP contribution in [-0.2, 0) is 4.74 Å². The van der Waals surface area contributed by atoms with E-state index in [9.17, 15) is 4.79 Å². The number of anilines is 1. The fourth-order valence-corrected chi connectivity index (χ4v) is 4.02. The van der Waals surface area contributed by atoms with Crippen LogP contribution in [0, 0.1) is 5.92 Å². The number of H-pyrrole nitrogens is 1. The van der Waals surface area contributed by atoms with Crippen LogP contribution in [-0.4, -0.2) is 39.7 Å². The van der Waals surface area contributed by atoms with Gasteiger partial charge in [-0.05, 0) is 31.6 Å². The van der Waals surface area contributed by atoms with Gasteiger partial charge in [0.05, 0.1) is 18.5 Å². The lowest BCUT2D eigenvalue weighted by Gasteiger charge is -2.22. The van der Waals surface area contributed by atoms with Crippen LogP contribution in [0.3, 0.4) is 0 Å². The van der Waals surface area contributed by atoms with Crippen molar-refractivity contribution in [1.82, 2.24) is 20.0 Å². The molecule has 3 heterocycles. The maximum absolute atomic E-state index is 12.6. The summed E-state index contributed by atoms with van der Waals surface area (Å²) in [4.78, 5) is 12.6. The van der Waals surface area contributed by atoms with E-state index in [1.807, 2.05) is 6.07 Å². The number of nitrogens with one attached hydrogen (secondary N) is 2. The highest BCUT2D eigenvalue weighted by Crippen LogP contribution is 2.33. The maximum atomic E-state index is 12.6. The second-order valence-corrected chi connectivity index (χ2v) is 7.59. The average molecular weight is 378 g/mol. The van der Waals surface area contributed by atoms with E-state index in [0.29, 0.717) is 23.3 Å². The van der Waals surface area contributed by atoms with Gasteiger partial charge in [-0.2, -0.15) is 14.9 Å². The van der Waals surface area contributed by atoms with Gasteiger partial charge in [0.15, 0.2) is 5.82 Å². The monoisotopic (exact) mass is 377 g/mol. The van der Waals surface area contributed by atoms with Gasteiger partial charge in [-0.15, -0.1) is 0 Å². The fourth-order valence-electron chi connectivity index (χ4n) is 3.82. The third kappa shape index (κ3) is 3.64. The second-order valence-electron chi connectivity index (χ2n) is 7.22. The van der Waals surface area contributed by atoms with Crippen molar-refractivity contribution in [2.24, 2.45) is 5.92 Å². The molecule has 140 valence electrons. The standard InChI is InChI=1S/C18H24ClN5O2/c19-17-15(20-9-12-4-3-7-26-11-12)10-21-24(18(17)25)16-8-14(22-23-16)13-5-1-2-6-13/h8,10,12-13,20H,1-7,9,11H2,(H,22,23). The molecule has 4 rings (SSSR count). The predicted octanol–water partition coefficient (Wildman–Crippen LogP) is 3.11. The highest BCUT2D eigenvalue weighted by atomic mass is 35.5. The van der Waals surface area contributed by atoms with Crippen molar-refractivity contribution in [3.8, 4) is 5.82 Å². The Morgan fingerprint density at radius 3 is 2.92 bits per heavy atom. The van der Waals surface area contributed by atoms with Crippen molar-refractivity contribution < 1.29 is 4.74 Å². The number of aromatic nitrogens is 4. The minimum absolute atomic E-state index is 0.141. The predicted molar refractivity (Wildman–Crippen MR) is 100 cm³/mol. The molecule has 1 aliphatic carbocycles. The summed E-state index contributed by atoms with van der Waals surface area (Å²) in [6.07, 6.45) is 8.61. The minimum Gasteiger partial charge on any atom is -0.382 e. The number of halogens is 1. The Morgan fingerprint density at radius 2 is 2.15 bits per heavy atom. The van der Waals surface area contributed by atoms with E-state index in [1.54, 1.807) is 6.20 Å². The third-order valence-corrected chi connectivity index (χ3v) is 5.72. The number of aromatic amines is 1. The molecule has 7 nitrogen and oxygen atoms in total. The summed E-state index contributed by atoms with van der Waals surface area (Å²) in [7, 11) is 0. The van der Waals surface area contributed by atoms with Crippen molar-refractivity contribution in [3.63, 3.8) is 0 Å². The molecule has 26 heavy (non-hydrogen) atoms. The van der Waals surface area contributed by atoms with Gasteiger partial charge in [-0.25, -0.2) is 0 Å². The molecule has 2 fully saturated rings. The van der Waals surface area contributed by atoms with E-state index in [0.717, 1.165) is 38.3 Å². The zero-order chi connectivity index (χ0) is 17.9. The normalized spacial score (nSPS) is 21.2. The van der Waals surface area contributed by atoms with Gasteiger partial charge in [0, 0.05) is 30.8 Å². The van der Waals surface area contributed by atoms with Crippen LogP contribution in [0.5, 0.6) is 0 Å². The summed E-state index contributed by atoms with van der Waals surface area (Å²) in [6, 6.07) is 1.91. The van der Waals surface area contributed by atoms with Crippen LogP contribution in [0.15, 0.2) is 17.1 Å². The first-order valence-electron chi connectivity index (χ1n) is 9.37. The first-order chi connectivity index (χ1) is 12.7. The highest BCUT2D eigenvalue weighted by Gasteiger charge is 2.21. The molecule has 0 aromatic carbocycles. The molecule has 0 radical (unpaired) electrons. The molecular weight excluding hydrogens is 354 g/mol. The van der Waals surface area contributed by atoms with Crippen molar-refractivity contribution in [3.05, 3.63) is 33.3 Å². The second kappa shape index (κ2) is 7.80. The molecule has 1 saturated heterocycles. The first kappa shape index (κ1) is 17.5. The van der Waals surface area contributed by atoms with Gasteiger partial charge >= 0.3 is 0 Å².